The number of ether oxygens (including phenoxy) is 1. The molecule has 1 spiro atoms. The number of hydrogen-bond acceptors (Lipinski definition) is 7. The van der Waals surface area contributed by atoms with E-state index < -0.39 is 0 Å². The van der Waals surface area contributed by atoms with Crippen molar-refractivity contribution < 1.29 is 4.74 Å². The van der Waals surface area contributed by atoms with Gasteiger partial charge < -0.3 is 20.7 Å². The van der Waals surface area contributed by atoms with Gasteiger partial charge in [0.05, 0.1) is 15.8 Å². The molecule has 2 saturated heterocycles. The maximum atomic E-state index is 8.66. The fraction of sp³-hybridized carbons (Fsp3) is 0.261. The van der Waals surface area contributed by atoms with Gasteiger partial charge in [0.25, 0.3) is 0 Å². The highest BCUT2D eigenvalue weighted by atomic mass is 35.5. The normalized spacial score (nSPS) is 16.4. The van der Waals surface area contributed by atoms with Crippen LogP contribution in [0.3, 0.4) is 0 Å². The second-order valence-corrected chi connectivity index (χ2v) is 9.17. The number of nitrogens with two attached hydrogens (primary N) is 1. The number of pyridine rings is 2. The van der Waals surface area contributed by atoms with Crippen molar-refractivity contribution in [2.45, 2.75) is 6.61 Å². The number of rotatable bonds is 6. The number of anilines is 2. The smallest absolute Gasteiger partial charge is 0.128 e. The van der Waals surface area contributed by atoms with E-state index >= 15 is 0 Å². The van der Waals surface area contributed by atoms with Gasteiger partial charge in [-0.05, 0) is 30.3 Å². The van der Waals surface area contributed by atoms with Crippen LogP contribution in [0.25, 0.3) is 0 Å². The van der Waals surface area contributed by atoms with Gasteiger partial charge in [-0.15, -0.1) is 0 Å². The summed E-state index contributed by atoms with van der Waals surface area (Å²) in [6, 6.07) is 9.11. The fourth-order valence-electron chi connectivity index (χ4n) is 4.08. The van der Waals surface area contributed by atoms with Crippen LogP contribution in [0.2, 0.25) is 10.0 Å². The van der Waals surface area contributed by atoms with E-state index in [1.54, 1.807) is 24.4 Å². The van der Waals surface area contributed by atoms with Gasteiger partial charge in [0.15, 0.2) is 0 Å². The van der Waals surface area contributed by atoms with Gasteiger partial charge in [-0.3, -0.25) is 10.4 Å². The molecule has 0 saturated carbocycles. The van der Waals surface area contributed by atoms with Crippen LogP contribution in [0, 0.1) is 10.8 Å². The van der Waals surface area contributed by atoms with Crippen molar-refractivity contribution in [2.75, 3.05) is 36.8 Å². The highest BCUT2D eigenvalue weighted by Gasteiger charge is 2.47. The van der Waals surface area contributed by atoms with Crippen molar-refractivity contribution in [1.82, 2.24) is 15.3 Å². The summed E-state index contributed by atoms with van der Waals surface area (Å²) < 4.78 is 5.87. The molecule has 7 nitrogen and oxygen atoms in total. The van der Waals surface area contributed by atoms with Crippen molar-refractivity contribution in [2.24, 2.45) is 5.41 Å². The fourth-order valence-corrected chi connectivity index (χ4v) is 4.55. The lowest BCUT2D eigenvalue weighted by Gasteiger charge is -2.56. The molecule has 164 valence electrons. The lowest BCUT2D eigenvalue weighted by Crippen LogP contribution is -2.71. The average Bonchev–Trinajstić information content (AvgIpc) is 2.72. The largest absolute Gasteiger partial charge is 0.489 e. The van der Waals surface area contributed by atoms with Crippen LogP contribution in [-0.2, 0) is 6.61 Å². The van der Waals surface area contributed by atoms with Crippen LogP contribution in [0.4, 0.5) is 11.5 Å². The zero-order chi connectivity index (χ0) is 22.3. The van der Waals surface area contributed by atoms with E-state index in [0.717, 1.165) is 32.0 Å². The van der Waals surface area contributed by atoms with Gasteiger partial charge in [0, 0.05) is 72.6 Å². The Bertz CT molecular complexity index is 1150. The molecule has 2 aromatic heterocycles. The Morgan fingerprint density at radius 2 is 1.88 bits per heavy atom. The summed E-state index contributed by atoms with van der Waals surface area (Å²) in [5, 5.41) is 12.9. The van der Waals surface area contributed by atoms with E-state index in [9.17, 15) is 0 Å². The lowest BCUT2D eigenvalue weighted by atomic mass is 9.74. The molecule has 0 amide bonds. The predicted octanol–water partition coefficient (Wildman–Crippen LogP) is 3.77. The molecule has 0 atom stereocenters. The number of nitrogen functional groups attached to an aromatic ring is 1. The van der Waals surface area contributed by atoms with E-state index in [-0.39, 0.29) is 12.3 Å². The number of halogens is 2. The quantitative estimate of drug-likeness (QED) is 0.376. The van der Waals surface area contributed by atoms with Crippen LogP contribution >= 0.6 is 23.2 Å². The van der Waals surface area contributed by atoms with Gasteiger partial charge in [0.1, 0.15) is 18.2 Å². The first-order valence-corrected chi connectivity index (χ1v) is 11.0. The minimum Gasteiger partial charge on any atom is -0.489 e. The molecule has 2 aliphatic heterocycles. The Kier molecular flexibility index (Phi) is 5.41. The van der Waals surface area contributed by atoms with Crippen molar-refractivity contribution in [3.05, 3.63) is 75.7 Å². The van der Waals surface area contributed by atoms with Crippen LogP contribution < -0.4 is 20.7 Å². The molecule has 3 aromatic rings. The summed E-state index contributed by atoms with van der Waals surface area (Å²) in [6.07, 6.45) is 4.77. The highest BCUT2D eigenvalue weighted by molar-refractivity contribution is 6.35. The molecular formula is C23H22Cl2N6O. The van der Waals surface area contributed by atoms with Crippen LogP contribution in [0.1, 0.15) is 16.7 Å². The molecule has 2 fully saturated rings. The van der Waals surface area contributed by atoms with Crippen molar-refractivity contribution >= 4 is 40.4 Å². The molecule has 2 aliphatic rings. The second-order valence-electron chi connectivity index (χ2n) is 8.36. The number of aromatic nitrogens is 2. The first kappa shape index (κ1) is 21.0. The Labute approximate surface area is 196 Å². The second kappa shape index (κ2) is 8.24. The van der Waals surface area contributed by atoms with E-state index in [1.807, 2.05) is 12.1 Å². The number of nitrogens with zero attached hydrogens (tertiary/aromatic N) is 3. The summed E-state index contributed by atoms with van der Waals surface area (Å²) in [6.45, 7) is 4.41. The van der Waals surface area contributed by atoms with Crippen molar-refractivity contribution in [1.29, 1.82) is 5.41 Å². The number of hydrogen-bond donors (Lipinski definition) is 3. The third-order valence-corrected chi connectivity index (χ3v) is 6.69. The minimum atomic E-state index is 0.181. The molecular weight excluding hydrogens is 447 g/mol. The van der Waals surface area contributed by atoms with Crippen LogP contribution in [-0.4, -0.2) is 41.9 Å². The number of nitrogens with one attached hydrogen (secondary N) is 2. The van der Waals surface area contributed by atoms with E-state index in [0.29, 0.717) is 43.6 Å². The van der Waals surface area contributed by atoms with Gasteiger partial charge >= 0.3 is 0 Å². The summed E-state index contributed by atoms with van der Waals surface area (Å²) in [4.78, 5) is 10.8. The zero-order valence-electron chi connectivity index (χ0n) is 17.2. The van der Waals surface area contributed by atoms with E-state index in [4.69, 9.17) is 39.1 Å². The van der Waals surface area contributed by atoms with Gasteiger partial charge in [-0.1, -0.05) is 23.2 Å². The predicted molar refractivity (Wildman–Crippen MR) is 127 cm³/mol. The Morgan fingerprint density at radius 1 is 1.12 bits per heavy atom. The first-order chi connectivity index (χ1) is 15.4. The Hall–Kier alpha value is -2.87. The monoisotopic (exact) mass is 468 g/mol. The Balaban J connectivity index is 1.29. The minimum absolute atomic E-state index is 0.181. The molecule has 0 unspecified atom stereocenters. The molecule has 9 heteroatoms. The lowest BCUT2D eigenvalue weighted by molar-refractivity contribution is 0.120. The topological polar surface area (TPSA) is 100 Å². The number of benzene rings is 1. The maximum Gasteiger partial charge on any atom is 0.128 e. The van der Waals surface area contributed by atoms with Gasteiger partial charge in [-0.25, -0.2) is 4.98 Å². The third-order valence-electron chi connectivity index (χ3n) is 6.04. The molecule has 5 rings (SSSR count). The molecule has 0 bridgehead atoms. The average molecular weight is 469 g/mol. The highest BCUT2D eigenvalue weighted by Crippen LogP contribution is 2.36. The summed E-state index contributed by atoms with van der Waals surface area (Å²) in [5.74, 6) is 1.50. The Morgan fingerprint density at radius 3 is 2.50 bits per heavy atom. The van der Waals surface area contributed by atoms with Crippen LogP contribution in [0.5, 0.6) is 5.75 Å². The summed E-state index contributed by atoms with van der Waals surface area (Å²) in [5.41, 5.74) is 9.30. The van der Waals surface area contributed by atoms with E-state index in [1.165, 1.54) is 12.4 Å². The third kappa shape index (κ3) is 3.88. The van der Waals surface area contributed by atoms with Gasteiger partial charge in [0.2, 0.25) is 0 Å². The molecule has 4 heterocycles. The van der Waals surface area contributed by atoms with Crippen molar-refractivity contribution in [3.8, 4) is 5.75 Å². The standard InChI is InChI=1S/C23H22Cl2N6O/c24-18-7-28-8-19(25)17(18)9-32-15-2-3-20(26)16(5-15)22(27)14-1-4-21(30-6-14)31-12-23(13-31)10-29-11-23/h1-8,27,29H,9-13,26H2. The van der Waals surface area contributed by atoms with Gasteiger partial charge in [-0.2, -0.15) is 0 Å². The van der Waals surface area contributed by atoms with Crippen molar-refractivity contribution in [3.63, 3.8) is 0 Å². The molecule has 0 aliphatic carbocycles. The zero-order valence-corrected chi connectivity index (χ0v) is 18.7. The molecule has 0 radical (unpaired) electrons. The van der Waals surface area contributed by atoms with Crippen LogP contribution in [0.15, 0.2) is 48.9 Å². The SMILES string of the molecule is N=C(c1ccc(N2CC3(CNC3)C2)nc1)c1cc(OCc2c(Cl)cncc2Cl)ccc1N. The summed E-state index contributed by atoms with van der Waals surface area (Å²) in [7, 11) is 0. The molecule has 4 N–H and O–H groups in total. The maximum absolute atomic E-state index is 8.66. The van der Waals surface area contributed by atoms with E-state index in [2.05, 4.69) is 20.2 Å². The molecule has 1 aromatic carbocycles. The molecule has 32 heavy (non-hydrogen) atoms. The first-order valence-electron chi connectivity index (χ1n) is 10.3. The summed E-state index contributed by atoms with van der Waals surface area (Å²) >= 11 is 12.3.